The van der Waals surface area contributed by atoms with Crippen molar-refractivity contribution in [2.75, 3.05) is 18.9 Å². The highest BCUT2D eigenvalue weighted by Gasteiger charge is 2.22. The lowest BCUT2D eigenvalue weighted by molar-refractivity contribution is 0.193. The highest BCUT2D eigenvalue weighted by molar-refractivity contribution is 7.15. The highest BCUT2D eigenvalue weighted by Crippen LogP contribution is 2.30. The van der Waals surface area contributed by atoms with Crippen molar-refractivity contribution in [3.8, 4) is 0 Å². The van der Waals surface area contributed by atoms with E-state index in [0.717, 1.165) is 25.3 Å². The number of thiazole rings is 1. The fraction of sp³-hybridized carbons (Fsp3) is 0.625. The fourth-order valence-electron chi connectivity index (χ4n) is 1.56. The standard InChI is InChI=1S/C8H12N2OS/c1-5-7(10-8(9)12-5)6-2-3-11-4-6/h6H,2-4H2,1H3,(H2,9,10). The predicted molar refractivity (Wildman–Crippen MR) is 49.4 cm³/mol. The van der Waals surface area contributed by atoms with Crippen LogP contribution in [0.5, 0.6) is 0 Å². The van der Waals surface area contributed by atoms with E-state index in [2.05, 4.69) is 11.9 Å². The molecule has 2 heterocycles. The molecule has 2 N–H and O–H groups in total. The summed E-state index contributed by atoms with van der Waals surface area (Å²) in [6, 6.07) is 0. The first-order chi connectivity index (χ1) is 5.77. The van der Waals surface area contributed by atoms with E-state index in [1.54, 1.807) is 11.3 Å². The molecule has 3 nitrogen and oxygen atoms in total. The van der Waals surface area contributed by atoms with Gasteiger partial charge in [-0.1, -0.05) is 0 Å². The molecule has 0 aromatic carbocycles. The zero-order chi connectivity index (χ0) is 8.55. The van der Waals surface area contributed by atoms with Crippen LogP contribution in [0.2, 0.25) is 0 Å². The molecule has 0 amide bonds. The van der Waals surface area contributed by atoms with Crippen LogP contribution in [0.4, 0.5) is 5.13 Å². The number of rotatable bonds is 1. The Balaban J connectivity index is 2.25. The zero-order valence-electron chi connectivity index (χ0n) is 7.04. The Morgan fingerprint density at radius 2 is 2.50 bits per heavy atom. The van der Waals surface area contributed by atoms with Gasteiger partial charge in [-0.3, -0.25) is 0 Å². The van der Waals surface area contributed by atoms with Crippen molar-refractivity contribution >= 4 is 16.5 Å². The molecular formula is C8H12N2OS. The van der Waals surface area contributed by atoms with Gasteiger partial charge in [0.25, 0.3) is 0 Å². The maximum absolute atomic E-state index is 5.61. The Morgan fingerprint density at radius 1 is 1.67 bits per heavy atom. The lowest BCUT2D eigenvalue weighted by atomic mass is 10.0. The molecule has 1 aromatic heterocycles. The predicted octanol–water partition coefficient (Wildman–Crippen LogP) is 1.54. The molecule has 1 saturated heterocycles. The van der Waals surface area contributed by atoms with Crippen LogP contribution in [0.1, 0.15) is 22.9 Å². The lowest BCUT2D eigenvalue weighted by Gasteiger charge is -2.03. The fourth-order valence-corrected chi connectivity index (χ4v) is 2.33. The molecule has 0 aliphatic carbocycles. The Bertz CT molecular complexity index is 279. The van der Waals surface area contributed by atoms with Crippen molar-refractivity contribution in [3.05, 3.63) is 10.6 Å². The third-order valence-corrected chi connectivity index (χ3v) is 2.98. The van der Waals surface area contributed by atoms with Gasteiger partial charge in [0.05, 0.1) is 12.3 Å². The van der Waals surface area contributed by atoms with Crippen molar-refractivity contribution in [3.63, 3.8) is 0 Å². The second-order valence-corrected chi connectivity index (χ2v) is 4.29. The van der Waals surface area contributed by atoms with Crippen LogP contribution < -0.4 is 5.73 Å². The Hall–Kier alpha value is -0.610. The largest absolute Gasteiger partial charge is 0.381 e. The van der Waals surface area contributed by atoms with Gasteiger partial charge in [-0.2, -0.15) is 0 Å². The van der Waals surface area contributed by atoms with Gasteiger partial charge in [-0.15, -0.1) is 11.3 Å². The van der Waals surface area contributed by atoms with E-state index in [1.165, 1.54) is 4.88 Å². The number of aryl methyl sites for hydroxylation is 1. The van der Waals surface area contributed by atoms with Gasteiger partial charge < -0.3 is 10.5 Å². The summed E-state index contributed by atoms with van der Waals surface area (Å²) >= 11 is 1.57. The number of anilines is 1. The van der Waals surface area contributed by atoms with E-state index in [9.17, 15) is 0 Å². The number of aromatic nitrogens is 1. The van der Waals surface area contributed by atoms with E-state index in [4.69, 9.17) is 10.5 Å². The van der Waals surface area contributed by atoms with Gasteiger partial charge in [0.1, 0.15) is 0 Å². The number of nitrogens with two attached hydrogens (primary N) is 1. The maximum atomic E-state index is 5.61. The summed E-state index contributed by atoms with van der Waals surface area (Å²) in [5.74, 6) is 0.485. The van der Waals surface area contributed by atoms with Crippen LogP contribution in [0, 0.1) is 6.92 Å². The number of nitrogen functional groups attached to an aromatic ring is 1. The smallest absolute Gasteiger partial charge is 0.180 e. The molecular weight excluding hydrogens is 172 g/mol. The molecule has 2 rings (SSSR count). The van der Waals surface area contributed by atoms with Crippen molar-refractivity contribution in [2.24, 2.45) is 0 Å². The molecule has 1 atom stereocenters. The van der Waals surface area contributed by atoms with Gasteiger partial charge in [0, 0.05) is 17.4 Å². The first kappa shape index (κ1) is 8.01. The van der Waals surface area contributed by atoms with Gasteiger partial charge in [0.15, 0.2) is 5.13 Å². The molecule has 1 aromatic rings. The van der Waals surface area contributed by atoms with Crippen molar-refractivity contribution in [2.45, 2.75) is 19.3 Å². The number of hydrogen-bond acceptors (Lipinski definition) is 4. The van der Waals surface area contributed by atoms with Gasteiger partial charge in [-0.25, -0.2) is 4.98 Å². The summed E-state index contributed by atoms with van der Waals surface area (Å²) in [6.45, 7) is 3.74. The van der Waals surface area contributed by atoms with Crippen LogP contribution in [0.15, 0.2) is 0 Å². The minimum Gasteiger partial charge on any atom is -0.381 e. The first-order valence-electron chi connectivity index (χ1n) is 4.08. The summed E-state index contributed by atoms with van der Waals surface area (Å²) in [5, 5.41) is 0.675. The lowest BCUT2D eigenvalue weighted by Crippen LogP contribution is -1.99. The molecule has 66 valence electrons. The molecule has 4 heteroatoms. The summed E-state index contributed by atoms with van der Waals surface area (Å²) in [4.78, 5) is 5.55. The third-order valence-electron chi connectivity index (χ3n) is 2.17. The molecule has 0 saturated carbocycles. The topological polar surface area (TPSA) is 48.1 Å². The summed E-state index contributed by atoms with van der Waals surface area (Å²) in [7, 11) is 0. The van der Waals surface area contributed by atoms with Crippen LogP contribution in [0.25, 0.3) is 0 Å². The minimum atomic E-state index is 0.485. The second-order valence-electron chi connectivity index (χ2n) is 3.05. The van der Waals surface area contributed by atoms with E-state index in [1.807, 2.05) is 0 Å². The molecule has 0 spiro atoms. The molecule has 1 fully saturated rings. The average molecular weight is 184 g/mol. The molecule has 0 radical (unpaired) electrons. The maximum Gasteiger partial charge on any atom is 0.180 e. The van der Waals surface area contributed by atoms with Gasteiger partial charge in [-0.05, 0) is 13.3 Å². The SMILES string of the molecule is Cc1sc(N)nc1C1CCOC1. The average Bonchev–Trinajstić information content (AvgIpc) is 2.58. The van der Waals surface area contributed by atoms with Gasteiger partial charge >= 0.3 is 0 Å². The Kier molecular flexibility index (Phi) is 2.02. The van der Waals surface area contributed by atoms with Crippen molar-refractivity contribution < 1.29 is 4.74 Å². The third kappa shape index (κ3) is 1.32. The molecule has 12 heavy (non-hydrogen) atoms. The van der Waals surface area contributed by atoms with Gasteiger partial charge in [0.2, 0.25) is 0 Å². The summed E-state index contributed by atoms with van der Waals surface area (Å²) in [6.07, 6.45) is 1.09. The number of ether oxygens (including phenoxy) is 1. The van der Waals surface area contributed by atoms with Crippen LogP contribution in [0.3, 0.4) is 0 Å². The highest BCUT2D eigenvalue weighted by atomic mass is 32.1. The van der Waals surface area contributed by atoms with Crippen LogP contribution in [-0.2, 0) is 4.74 Å². The monoisotopic (exact) mass is 184 g/mol. The molecule has 1 aliphatic rings. The van der Waals surface area contributed by atoms with E-state index in [-0.39, 0.29) is 0 Å². The van der Waals surface area contributed by atoms with E-state index in [0.29, 0.717) is 11.0 Å². The van der Waals surface area contributed by atoms with Crippen molar-refractivity contribution in [1.29, 1.82) is 0 Å². The van der Waals surface area contributed by atoms with Crippen molar-refractivity contribution in [1.82, 2.24) is 4.98 Å². The molecule has 1 unspecified atom stereocenters. The first-order valence-corrected chi connectivity index (χ1v) is 4.89. The van der Waals surface area contributed by atoms with Crippen LogP contribution in [-0.4, -0.2) is 18.2 Å². The van der Waals surface area contributed by atoms with Crippen LogP contribution >= 0.6 is 11.3 Å². The normalized spacial score (nSPS) is 23.2. The number of hydrogen-bond donors (Lipinski definition) is 1. The van der Waals surface area contributed by atoms with E-state index >= 15 is 0 Å². The molecule has 1 aliphatic heterocycles. The zero-order valence-corrected chi connectivity index (χ0v) is 7.86. The summed E-state index contributed by atoms with van der Waals surface area (Å²) in [5.41, 5.74) is 6.76. The Morgan fingerprint density at radius 3 is 3.00 bits per heavy atom. The summed E-state index contributed by atoms with van der Waals surface area (Å²) < 4.78 is 5.30. The second kappa shape index (κ2) is 3.03. The quantitative estimate of drug-likeness (QED) is 0.720. The molecule has 0 bridgehead atoms. The Labute approximate surface area is 75.6 Å². The van der Waals surface area contributed by atoms with E-state index < -0.39 is 0 Å². The number of nitrogens with zero attached hydrogens (tertiary/aromatic N) is 1. The minimum absolute atomic E-state index is 0.485.